The molecule has 5 heteroatoms. The number of benzene rings is 1. The predicted octanol–water partition coefficient (Wildman–Crippen LogP) is 6.53. The molecule has 144 valence electrons. The topological polar surface area (TPSA) is 42.0 Å². The fourth-order valence-electron chi connectivity index (χ4n) is 3.37. The Morgan fingerprint density at radius 2 is 1.89 bits per heavy atom. The summed E-state index contributed by atoms with van der Waals surface area (Å²) in [6.45, 7) is 13.7. The van der Waals surface area contributed by atoms with Gasteiger partial charge in [-0.1, -0.05) is 53.5 Å². The van der Waals surface area contributed by atoms with E-state index in [0.29, 0.717) is 22.7 Å². The minimum Gasteiger partial charge on any atom is -0.321 e. The molecule has 0 saturated carbocycles. The van der Waals surface area contributed by atoms with Gasteiger partial charge in [0.1, 0.15) is 0 Å². The molecule has 0 bridgehead atoms. The standard InChI is InChI=1S/C22H26BrClN2O/c1-7-10-17-13(5)25-14(6)18(20(17)24)22(27)26-21-15(8-2)11-12(4)19(23)16(21)9-3/h7,11H,1,8-10H2,2-6H3,(H,26,27). The van der Waals surface area contributed by atoms with Crippen LogP contribution in [0.2, 0.25) is 5.02 Å². The van der Waals surface area contributed by atoms with Gasteiger partial charge >= 0.3 is 0 Å². The summed E-state index contributed by atoms with van der Waals surface area (Å²) in [6.07, 6.45) is 3.99. The van der Waals surface area contributed by atoms with Crippen LogP contribution < -0.4 is 5.32 Å². The van der Waals surface area contributed by atoms with Gasteiger partial charge in [-0.3, -0.25) is 9.78 Å². The Morgan fingerprint density at radius 1 is 1.22 bits per heavy atom. The number of anilines is 1. The van der Waals surface area contributed by atoms with Gasteiger partial charge in [-0.25, -0.2) is 0 Å². The fourth-order valence-corrected chi connectivity index (χ4v) is 4.40. The first-order valence-electron chi connectivity index (χ1n) is 9.15. The van der Waals surface area contributed by atoms with Crippen LogP contribution in [0, 0.1) is 20.8 Å². The molecule has 0 saturated heterocycles. The lowest BCUT2D eigenvalue weighted by Crippen LogP contribution is -2.19. The minimum absolute atomic E-state index is 0.226. The summed E-state index contributed by atoms with van der Waals surface area (Å²) < 4.78 is 1.04. The maximum atomic E-state index is 13.2. The number of rotatable bonds is 6. The van der Waals surface area contributed by atoms with Crippen LogP contribution in [0.25, 0.3) is 0 Å². The first-order chi connectivity index (χ1) is 12.8. The zero-order valence-electron chi connectivity index (χ0n) is 16.6. The molecule has 27 heavy (non-hydrogen) atoms. The molecule has 1 aromatic carbocycles. The number of nitrogens with one attached hydrogen (secondary N) is 1. The molecule has 0 unspecified atom stereocenters. The maximum absolute atomic E-state index is 13.2. The summed E-state index contributed by atoms with van der Waals surface area (Å²) in [7, 11) is 0. The van der Waals surface area contributed by atoms with Crippen LogP contribution in [0.1, 0.15) is 57.8 Å². The van der Waals surface area contributed by atoms with E-state index in [4.69, 9.17) is 11.6 Å². The smallest absolute Gasteiger partial charge is 0.259 e. The summed E-state index contributed by atoms with van der Waals surface area (Å²) in [5, 5.41) is 3.57. The number of hydrogen-bond donors (Lipinski definition) is 1. The van der Waals surface area contributed by atoms with E-state index in [-0.39, 0.29) is 5.91 Å². The number of nitrogens with zero attached hydrogens (tertiary/aromatic N) is 1. The third-order valence-electron chi connectivity index (χ3n) is 4.79. The number of aromatic nitrogens is 1. The van der Waals surface area contributed by atoms with Crippen molar-refractivity contribution in [1.29, 1.82) is 0 Å². The van der Waals surface area contributed by atoms with Crippen molar-refractivity contribution in [2.24, 2.45) is 0 Å². The fraction of sp³-hybridized carbons (Fsp3) is 0.364. The van der Waals surface area contributed by atoms with Gasteiger partial charge in [0.2, 0.25) is 0 Å². The van der Waals surface area contributed by atoms with E-state index in [9.17, 15) is 4.79 Å². The summed E-state index contributed by atoms with van der Waals surface area (Å²) in [6, 6.07) is 2.11. The highest BCUT2D eigenvalue weighted by atomic mass is 79.9. The molecule has 0 atom stereocenters. The quantitative estimate of drug-likeness (QED) is 0.509. The van der Waals surface area contributed by atoms with Gasteiger partial charge in [0, 0.05) is 15.9 Å². The zero-order chi connectivity index (χ0) is 20.3. The Labute approximate surface area is 175 Å². The monoisotopic (exact) mass is 448 g/mol. The van der Waals surface area contributed by atoms with Gasteiger partial charge in [0.15, 0.2) is 0 Å². The number of carbonyl (C=O) groups excluding carboxylic acids is 1. The second-order valence-electron chi connectivity index (χ2n) is 6.62. The number of aryl methyl sites for hydroxylation is 4. The zero-order valence-corrected chi connectivity index (χ0v) is 18.9. The van der Waals surface area contributed by atoms with Crippen molar-refractivity contribution < 1.29 is 4.79 Å². The normalized spacial score (nSPS) is 10.8. The van der Waals surface area contributed by atoms with Crippen molar-refractivity contribution in [2.75, 3.05) is 5.32 Å². The van der Waals surface area contributed by atoms with E-state index in [2.05, 4.69) is 59.6 Å². The molecule has 0 aliphatic carbocycles. The van der Waals surface area contributed by atoms with Gasteiger partial charge in [-0.15, -0.1) is 6.58 Å². The van der Waals surface area contributed by atoms with Crippen LogP contribution in [-0.2, 0) is 19.3 Å². The number of amides is 1. The van der Waals surface area contributed by atoms with Crippen molar-refractivity contribution in [3.8, 4) is 0 Å². The largest absolute Gasteiger partial charge is 0.321 e. The SMILES string of the molecule is C=CCc1c(C)nc(C)c(C(=O)Nc2c(CC)cc(C)c(Br)c2CC)c1Cl. The lowest BCUT2D eigenvalue weighted by Gasteiger charge is -2.19. The number of hydrogen-bond acceptors (Lipinski definition) is 2. The highest BCUT2D eigenvalue weighted by Crippen LogP contribution is 2.34. The number of allylic oxidation sites excluding steroid dienone is 1. The number of pyridine rings is 1. The first kappa shape index (κ1) is 21.6. The van der Waals surface area contributed by atoms with Gasteiger partial charge in [-0.05, 0) is 62.3 Å². The lowest BCUT2D eigenvalue weighted by molar-refractivity contribution is 0.102. The molecule has 0 spiro atoms. The Morgan fingerprint density at radius 3 is 2.44 bits per heavy atom. The van der Waals surface area contributed by atoms with Crippen molar-refractivity contribution in [1.82, 2.24) is 4.98 Å². The van der Waals surface area contributed by atoms with Gasteiger partial charge < -0.3 is 5.32 Å². The van der Waals surface area contributed by atoms with Crippen LogP contribution in [0.4, 0.5) is 5.69 Å². The maximum Gasteiger partial charge on any atom is 0.259 e. The van der Waals surface area contributed by atoms with Crippen molar-refractivity contribution in [2.45, 2.75) is 53.9 Å². The lowest BCUT2D eigenvalue weighted by atomic mass is 9.98. The summed E-state index contributed by atoms with van der Waals surface area (Å²) in [5.41, 5.74) is 6.98. The second-order valence-corrected chi connectivity index (χ2v) is 7.80. The molecule has 0 fully saturated rings. The number of halogens is 2. The van der Waals surface area contributed by atoms with Gasteiger partial charge in [0.05, 0.1) is 16.3 Å². The summed E-state index contributed by atoms with van der Waals surface area (Å²) in [4.78, 5) is 17.7. The molecular weight excluding hydrogens is 424 g/mol. The van der Waals surface area contributed by atoms with Crippen molar-refractivity contribution in [3.05, 3.63) is 67.4 Å². The molecule has 1 aromatic heterocycles. The molecule has 2 aromatic rings. The highest BCUT2D eigenvalue weighted by Gasteiger charge is 2.22. The average Bonchev–Trinajstić information content (AvgIpc) is 2.61. The Hall–Kier alpha value is -1.65. The Balaban J connectivity index is 2.58. The number of carbonyl (C=O) groups is 1. The van der Waals surface area contributed by atoms with Crippen molar-refractivity contribution >= 4 is 39.1 Å². The Bertz CT molecular complexity index is 906. The molecular formula is C22H26BrClN2O. The molecule has 1 heterocycles. The van der Waals surface area contributed by atoms with Crippen LogP contribution in [0.15, 0.2) is 23.2 Å². The van der Waals surface area contributed by atoms with Gasteiger partial charge in [-0.2, -0.15) is 0 Å². The van der Waals surface area contributed by atoms with E-state index < -0.39 is 0 Å². The third-order valence-corrected chi connectivity index (χ3v) is 6.31. The third kappa shape index (κ3) is 4.27. The van der Waals surface area contributed by atoms with E-state index in [1.165, 1.54) is 5.56 Å². The molecule has 0 aliphatic heterocycles. The average molecular weight is 450 g/mol. The van der Waals surface area contributed by atoms with Gasteiger partial charge in [0.25, 0.3) is 5.91 Å². The van der Waals surface area contributed by atoms with Crippen LogP contribution in [-0.4, -0.2) is 10.9 Å². The van der Waals surface area contributed by atoms with Crippen LogP contribution >= 0.6 is 27.5 Å². The van der Waals surface area contributed by atoms with Crippen LogP contribution in [0.3, 0.4) is 0 Å². The molecule has 0 aliphatic rings. The van der Waals surface area contributed by atoms with Crippen molar-refractivity contribution in [3.63, 3.8) is 0 Å². The van der Waals surface area contributed by atoms with E-state index in [1.807, 2.05) is 13.8 Å². The van der Waals surface area contributed by atoms with E-state index in [1.54, 1.807) is 6.08 Å². The second kappa shape index (κ2) is 9.03. The predicted molar refractivity (Wildman–Crippen MR) is 118 cm³/mol. The summed E-state index contributed by atoms with van der Waals surface area (Å²) in [5.74, 6) is -0.226. The van der Waals surface area contributed by atoms with E-state index >= 15 is 0 Å². The molecule has 2 rings (SSSR count). The first-order valence-corrected chi connectivity index (χ1v) is 10.3. The summed E-state index contributed by atoms with van der Waals surface area (Å²) >= 11 is 10.3. The minimum atomic E-state index is -0.226. The van der Waals surface area contributed by atoms with E-state index in [0.717, 1.165) is 45.4 Å². The Kier molecular flexibility index (Phi) is 7.24. The molecule has 3 nitrogen and oxygen atoms in total. The van der Waals surface area contributed by atoms with Crippen LogP contribution in [0.5, 0.6) is 0 Å². The highest BCUT2D eigenvalue weighted by molar-refractivity contribution is 9.10. The molecule has 1 N–H and O–H groups in total. The molecule has 0 radical (unpaired) electrons. The molecule has 1 amide bonds.